The van der Waals surface area contributed by atoms with Crippen molar-refractivity contribution in [3.8, 4) is 0 Å². The Morgan fingerprint density at radius 3 is 2.61 bits per heavy atom. The van der Waals surface area contributed by atoms with Gasteiger partial charge in [0.25, 0.3) is 0 Å². The summed E-state index contributed by atoms with van der Waals surface area (Å²) in [5, 5.41) is 11.7. The molecule has 0 saturated carbocycles. The van der Waals surface area contributed by atoms with Gasteiger partial charge in [0.05, 0.1) is 51.9 Å². The Kier molecular flexibility index (Phi) is 11.3. The lowest BCUT2D eigenvalue weighted by molar-refractivity contribution is 0.0449. The summed E-state index contributed by atoms with van der Waals surface area (Å²) in [7, 11) is 0. The Labute approximate surface area is 144 Å². The third kappa shape index (κ3) is 11.5. The van der Waals surface area contributed by atoms with Crippen LogP contribution in [0, 0.1) is 0 Å². The van der Waals surface area contributed by atoms with E-state index in [0.29, 0.717) is 44.8 Å². The smallest absolute Gasteiger partial charge is 0.108 e. The maximum atomic E-state index is 5.51. The molecule has 7 nitrogen and oxygen atoms in total. The normalized spacial score (nSPS) is 12.9. The van der Waals surface area contributed by atoms with E-state index < -0.39 is 0 Å². The van der Waals surface area contributed by atoms with Gasteiger partial charge in [0, 0.05) is 18.3 Å². The molecule has 0 radical (unpaired) electrons. The van der Waals surface area contributed by atoms with Gasteiger partial charge in [-0.2, -0.15) is 12.6 Å². The summed E-state index contributed by atoms with van der Waals surface area (Å²) in [5.74, 6) is 0. The largest absolute Gasteiger partial charge is 0.378 e. The van der Waals surface area contributed by atoms with Crippen LogP contribution in [0.15, 0.2) is 6.20 Å². The molecule has 1 aromatic heterocycles. The monoisotopic (exact) mass is 346 g/mol. The number of rotatable bonds is 14. The Morgan fingerprint density at radius 1 is 1.17 bits per heavy atom. The van der Waals surface area contributed by atoms with Crippen molar-refractivity contribution < 1.29 is 14.2 Å². The predicted octanol–water partition coefficient (Wildman–Crippen LogP) is 1.14. The van der Waals surface area contributed by atoms with E-state index in [1.54, 1.807) is 4.68 Å². The molecule has 0 unspecified atom stereocenters. The van der Waals surface area contributed by atoms with Gasteiger partial charge >= 0.3 is 0 Å². The molecular formula is C15H30N4O3S. The standard InChI is InChI=1S/C15H30N4O3S/c1-13(2)22-12-15-11-19(18-17-15)5-7-21-9-8-20-6-4-16-10-14(3)23/h11,13-14,16,23H,4-10,12H2,1-3H3/t14-/m0/s1. The van der Waals surface area contributed by atoms with Crippen molar-refractivity contribution in [1.82, 2.24) is 20.3 Å². The fourth-order valence-corrected chi connectivity index (χ4v) is 1.83. The van der Waals surface area contributed by atoms with Crippen LogP contribution < -0.4 is 5.32 Å². The lowest BCUT2D eigenvalue weighted by atomic mass is 10.4. The molecule has 0 amide bonds. The zero-order valence-corrected chi connectivity index (χ0v) is 15.3. The minimum Gasteiger partial charge on any atom is -0.378 e. The summed E-state index contributed by atoms with van der Waals surface area (Å²) in [6.45, 7) is 11.4. The summed E-state index contributed by atoms with van der Waals surface area (Å²) in [6, 6.07) is 0. The number of hydrogen-bond donors (Lipinski definition) is 2. The third-order valence-electron chi connectivity index (χ3n) is 2.85. The highest BCUT2D eigenvalue weighted by Gasteiger charge is 2.02. The summed E-state index contributed by atoms with van der Waals surface area (Å²) < 4.78 is 18.2. The number of ether oxygens (including phenoxy) is 3. The lowest BCUT2D eigenvalue weighted by Gasteiger charge is -2.08. The molecule has 1 atom stereocenters. The van der Waals surface area contributed by atoms with Crippen molar-refractivity contribution in [2.75, 3.05) is 39.5 Å². The fraction of sp³-hybridized carbons (Fsp3) is 0.867. The second-order valence-electron chi connectivity index (χ2n) is 5.61. The van der Waals surface area contributed by atoms with Crippen LogP contribution in [-0.4, -0.2) is 65.9 Å². The Balaban J connectivity index is 1.93. The van der Waals surface area contributed by atoms with E-state index in [9.17, 15) is 0 Å². The maximum Gasteiger partial charge on any atom is 0.108 e. The van der Waals surface area contributed by atoms with Crippen LogP contribution >= 0.6 is 12.6 Å². The zero-order chi connectivity index (χ0) is 16.9. The van der Waals surface area contributed by atoms with Gasteiger partial charge in [0.2, 0.25) is 0 Å². The molecule has 0 aliphatic carbocycles. The first kappa shape index (κ1) is 20.4. The highest BCUT2D eigenvalue weighted by atomic mass is 32.1. The quantitative estimate of drug-likeness (QED) is 0.389. The molecule has 0 bridgehead atoms. The summed E-state index contributed by atoms with van der Waals surface area (Å²) in [5.41, 5.74) is 0.838. The fourth-order valence-electron chi connectivity index (χ4n) is 1.70. The minimum absolute atomic E-state index is 0.194. The van der Waals surface area contributed by atoms with Crippen LogP contribution in [0.3, 0.4) is 0 Å². The van der Waals surface area contributed by atoms with Gasteiger partial charge in [-0.15, -0.1) is 5.10 Å². The molecular weight excluding hydrogens is 316 g/mol. The SMILES string of the molecule is CC(C)OCc1cn(CCOCCOCCNC[C@H](C)S)nn1. The van der Waals surface area contributed by atoms with Crippen LogP contribution in [0.5, 0.6) is 0 Å². The van der Waals surface area contributed by atoms with Crippen LogP contribution in [0.4, 0.5) is 0 Å². The highest BCUT2D eigenvalue weighted by molar-refractivity contribution is 7.80. The summed E-state index contributed by atoms with van der Waals surface area (Å²) in [6.07, 6.45) is 2.08. The van der Waals surface area contributed by atoms with Crippen molar-refractivity contribution in [3.63, 3.8) is 0 Å². The average Bonchev–Trinajstić information content (AvgIpc) is 2.94. The van der Waals surface area contributed by atoms with Gasteiger partial charge in [0.15, 0.2) is 0 Å². The van der Waals surface area contributed by atoms with Crippen LogP contribution in [0.25, 0.3) is 0 Å². The topological polar surface area (TPSA) is 70.4 Å². The molecule has 1 aromatic rings. The second-order valence-corrected chi connectivity index (χ2v) is 6.49. The van der Waals surface area contributed by atoms with Gasteiger partial charge < -0.3 is 19.5 Å². The van der Waals surface area contributed by atoms with Crippen molar-refractivity contribution in [3.05, 3.63) is 11.9 Å². The predicted molar refractivity (Wildman–Crippen MR) is 92.9 cm³/mol. The first-order valence-corrected chi connectivity index (χ1v) is 8.64. The molecule has 1 N–H and O–H groups in total. The van der Waals surface area contributed by atoms with Gasteiger partial charge in [-0.05, 0) is 13.8 Å². The number of nitrogens with one attached hydrogen (secondary N) is 1. The van der Waals surface area contributed by atoms with Gasteiger partial charge in [-0.1, -0.05) is 12.1 Å². The third-order valence-corrected chi connectivity index (χ3v) is 3.03. The Hall–Kier alpha value is -0.670. The van der Waals surface area contributed by atoms with E-state index in [2.05, 4.69) is 35.2 Å². The lowest BCUT2D eigenvalue weighted by Crippen LogP contribution is -2.25. The Bertz CT molecular complexity index is 402. The molecule has 23 heavy (non-hydrogen) atoms. The highest BCUT2D eigenvalue weighted by Crippen LogP contribution is 1.99. The molecule has 0 aliphatic heterocycles. The summed E-state index contributed by atoms with van der Waals surface area (Å²) in [4.78, 5) is 0. The number of aromatic nitrogens is 3. The number of thiol groups is 1. The summed E-state index contributed by atoms with van der Waals surface area (Å²) >= 11 is 4.29. The van der Waals surface area contributed by atoms with Crippen molar-refractivity contribution in [1.29, 1.82) is 0 Å². The maximum absolute atomic E-state index is 5.51. The minimum atomic E-state index is 0.194. The van der Waals surface area contributed by atoms with Crippen molar-refractivity contribution >= 4 is 12.6 Å². The van der Waals surface area contributed by atoms with E-state index in [-0.39, 0.29) is 6.10 Å². The first-order valence-electron chi connectivity index (χ1n) is 8.12. The molecule has 0 aromatic carbocycles. The molecule has 8 heteroatoms. The molecule has 134 valence electrons. The molecule has 0 aliphatic rings. The molecule has 1 rings (SSSR count). The number of nitrogens with zero attached hydrogens (tertiary/aromatic N) is 3. The van der Waals surface area contributed by atoms with Gasteiger partial charge in [0.1, 0.15) is 5.69 Å². The molecule has 0 spiro atoms. The second kappa shape index (κ2) is 12.7. The van der Waals surface area contributed by atoms with Gasteiger partial charge in [-0.25, -0.2) is 4.68 Å². The average molecular weight is 346 g/mol. The molecule has 1 heterocycles. The van der Waals surface area contributed by atoms with E-state index in [1.165, 1.54) is 0 Å². The zero-order valence-electron chi connectivity index (χ0n) is 14.4. The van der Waals surface area contributed by atoms with E-state index >= 15 is 0 Å². The van der Waals surface area contributed by atoms with Crippen LogP contribution in [0.2, 0.25) is 0 Å². The van der Waals surface area contributed by atoms with Crippen molar-refractivity contribution in [2.24, 2.45) is 0 Å². The molecule has 0 fully saturated rings. The first-order chi connectivity index (χ1) is 11.1. The van der Waals surface area contributed by atoms with E-state index in [4.69, 9.17) is 14.2 Å². The van der Waals surface area contributed by atoms with Gasteiger partial charge in [-0.3, -0.25) is 0 Å². The van der Waals surface area contributed by atoms with E-state index in [0.717, 1.165) is 18.8 Å². The van der Waals surface area contributed by atoms with Crippen LogP contribution in [0.1, 0.15) is 26.5 Å². The number of hydrogen-bond acceptors (Lipinski definition) is 7. The van der Waals surface area contributed by atoms with Crippen LogP contribution in [-0.2, 0) is 27.4 Å². The van der Waals surface area contributed by atoms with Crippen molar-refractivity contribution in [2.45, 2.75) is 45.3 Å². The van der Waals surface area contributed by atoms with E-state index in [1.807, 2.05) is 20.0 Å². The molecule has 0 saturated heterocycles. The Morgan fingerprint density at radius 2 is 1.91 bits per heavy atom.